The van der Waals surface area contributed by atoms with Gasteiger partial charge in [-0.05, 0) is 11.6 Å². The van der Waals surface area contributed by atoms with Gasteiger partial charge < -0.3 is 10.1 Å². The van der Waals surface area contributed by atoms with Gasteiger partial charge in [-0.25, -0.2) is 0 Å². The van der Waals surface area contributed by atoms with Crippen LogP contribution in [0.5, 0.6) is 5.75 Å². The molecule has 1 amide bonds. The number of methoxy groups -OCH3 is 1. The SMILES string of the molecule is COc1ccc(CNC(=O)C#N)c(Cl)c1Cl. The van der Waals surface area contributed by atoms with E-state index < -0.39 is 5.91 Å². The van der Waals surface area contributed by atoms with Crippen LogP contribution < -0.4 is 10.1 Å². The molecule has 0 fully saturated rings. The summed E-state index contributed by atoms with van der Waals surface area (Å²) in [6, 6.07) is 4.75. The molecule has 0 saturated carbocycles. The van der Waals surface area contributed by atoms with E-state index in [0.717, 1.165) is 0 Å². The Morgan fingerprint density at radius 3 is 2.75 bits per heavy atom. The third-order valence-electron chi connectivity index (χ3n) is 1.89. The quantitative estimate of drug-likeness (QED) is 0.846. The Kier molecular flexibility index (Phi) is 4.41. The molecule has 0 atom stereocenters. The predicted molar refractivity (Wildman–Crippen MR) is 60.5 cm³/mol. The van der Waals surface area contributed by atoms with Gasteiger partial charge >= 0.3 is 5.91 Å². The normalized spacial score (nSPS) is 9.38. The summed E-state index contributed by atoms with van der Waals surface area (Å²) in [6.07, 6.45) is 0. The van der Waals surface area contributed by atoms with Crippen LogP contribution in [0.2, 0.25) is 10.0 Å². The van der Waals surface area contributed by atoms with E-state index in [2.05, 4.69) is 5.32 Å². The van der Waals surface area contributed by atoms with E-state index in [9.17, 15) is 4.79 Å². The number of carbonyl (C=O) groups excluding carboxylic acids is 1. The molecule has 0 unspecified atom stereocenters. The smallest absolute Gasteiger partial charge is 0.322 e. The summed E-state index contributed by atoms with van der Waals surface area (Å²) in [5, 5.41) is 11.2. The zero-order chi connectivity index (χ0) is 12.1. The monoisotopic (exact) mass is 258 g/mol. The molecular formula is C10H8Cl2N2O2. The molecule has 1 rings (SSSR count). The lowest BCUT2D eigenvalue weighted by Crippen LogP contribution is -2.20. The number of nitrogens with one attached hydrogen (secondary N) is 1. The highest BCUT2D eigenvalue weighted by atomic mass is 35.5. The number of hydrogen-bond acceptors (Lipinski definition) is 3. The fourth-order valence-electron chi connectivity index (χ4n) is 1.08. The Hall–Kier alpha value is -1.44. The molecule has 0 radical (unpaired) electrons. The zero-order valence-electron chi connectivity index (χ0n) is 8.38. The van der Waals surface area contributed by atoms with Crippen LogP contribution >= 0.6 is 23.2 Å². The molecule has 0 aliphatic heterocycles. The number of amides is 1. The fraction of sp³-hybridized carbons (Fsp3) is 0.200. The minimum Gasteiger partial charge on any atom is -0.495 e. The highest BCUT2D eigenvalue weighted by Crippen LogP contribution is 2.34. The number of benzene rings is 1. The topological polar surface area (TPSA) is 62.1 Å². The largest absolute Gasteiger partial charge is 0.495 e. The van der Waals surface area contributed by atoms with Gasteiger partial charge in [0.15, 0.2) is 6.07 Å². The van der Waals surface area contributed by atoms with Crippen molar-refractivity contribution in [1.82, 2.24) is 5.32 Å². The first-order chi connectivity index (χ1) is 7.60. The average molecular weight is 259 g/mol. The Balaban J connectivity index is 2.87. The lowest BCUT2D eigenvalue weighted by atomic mass is 10.2. The summed E-state index contributed by atoms with van der Waals surface area (Å²) >= 11 is 11.9. The number of rotatable bonds is 3. The van der Waals surface area contributed by atoms with E-state index in [4.69, 9.17) is 33.2 Å². The third-order valence-corrected chi connectivity index (χ3v) is 2.79. The molecule has 4 nitrogen and oxygen atoms in total. The van der Waals surface area contributed by atoms with Gasteiger partial charge in [-0.2, -0.15) is 5.26 Å². The average Bonchev–Trinajstić information content (AvgIpc) is 2.30. The van der Waals surface area contributed by atoms with Crippen molar-refractivity contribution < 1.29 is 9.53 Å². The van der Waals surface area contributed by atoms with Gasteiger partial charge in [0.05, 0.1) is 12.1 Å². The van der Waals surface area contributed by atoms with Crippen molar-refractivity contribution in [3.8, 4) is 11.8 Å². The van der Waals surface area contributed by atoms with E-state index in [1.807, 2.05) is 0 Å². The molecule has 0 bridgehead atoms. The molecule has 0 spiro atoms. The first-order valence-corrected chi connectivity index (χ1v) is 5.04. The minimum absolute atomic E-state index is 0.148. The first-order valence-electron chi connectivity index (χ1n) is 4.29. The Labute approximate surface area is 103 Å². The number of halogens is 2. The molecule has 0 saturated heterocycles. The standard InChI is InChI=1S/C10H8Cl2N2O2/c1-16-7-3-2-6(9(11)10(7)12)5-14-8(15)4-13/h2-3H,5H2,1H3,(H,14,15). The molecule has 1 N–H and O–H groups in total. The van der Waals surface area contributed by atoms with Gasteiger partial charge in [0.2, 0.25) is 0 Å². The molecule has 16 heavy (non-hydrogen) atoms. The zero-order valence-corrected chi connectivity index (χ0v) is 9.89. The van der Waals surface area contributed by atoms with Crippen molar-refractivity contribution in [2.45, 2.75) is 6.54 Å². The molecule has 1 aromatic carbocycles. The molecule has 0 aliphatic carbocycles. The van der Waals surface area contributed by atoms with Crippen LogP contribution in [0.15, 0.2) is 12.1 Å². The van der Waals surface area contributed by atoms with Crippen molar-refractivity contribution in [3.63, 3.8) is 0 Å². The van der Waals surface area contributed by atoms with Gasteiger partial charge in [0, 0.05) is 6.54 Å². The van der Waals surface area contributed by atoms with Gasteiger partial charge in [-0.15, -0.1) is 0 Å². The maximum atomic E-state index is 10.7. The van der Waals surface area contributed by atoms with Crippen molar-refractivity contribution >= 4 is 29.1 Å². The van der Waals surface area contributed by atoms with Crippen molar-refractivity contribution in [2.24, 2.45) is 0 Å². The Morgan fingerprint density at radius 2 is 2.19 bits per heavy atom. The lowest BCUT2D eigenvalue weighted by Gasteiger charge is -2.09. The van der Waals surface area contributed by atoms with E-state index in [1.54, 1.807) is 12.1 Å². The van der Waals surface area contributed by atoms with Gasteiger partial charge in [0.25, 0.3) is 0 Å². The summed E-state index contributed by atoms with van der Waals surface area (Å²) in [5.74, 6) is -0.259. The number of nitrogens with zero attached hydrogens (tertiary/aromatic N) is 1. The number of hydrogen-bond donors (Lipinski definition) is 1. The fourth-order valence-corrected chi connectivity index (χ4v) is 1.57. The van der Waals surface area contributed by atoms with Crippen molar-refractivity contribution in [3.05, 3.63) is 27.7 Å². The molecule has 84 valence electrons. The van der Waals surface area contributed by atoms with E-state index in [-0.39, 0.29) is 11.6 Å². The lowest BCUT2D eigenvalue weighted by molar-refractivity contribution is -0.116. The molecule has 0 aromatic heterocycles. The van der Waals surface area contributed by atoms with Crippen LogP contribution in [0, 0.1) is 11.3 Å². The molecule has 0 aliphatic rings. The van der Waals surface area contributed by atoms with E-state index in [1.165, 1.54) is 13.2 Å². The summed E-state index contributed by atoms with van der Waals surface area (Å²) in [5.41, 5.74) is 0.621. The van der Waals surface area contributed by atoms with Crippen LogP contribution in [-0.2, 0) is 11.3 Å². The second kappa shape index (κ2) is 5.59. The Morgan fingerprint density at radius 1 is 1.50 bits per heavy atom. The number of nitriles is 1. The maximum Gasteiger partial charge on any atom is 0.322 e. The number of ether oxygens (including phenoxy) is 1. The van der Waals surface area contributed by atoms with Crippen molar-refractivity contribution in [2.75, 3.05) is 7.11 Å². The maximum absolute atomic E-state index is 10.7. The predicted octanol–water partition coefficient (Wildman–Crippen LogP) is 2.14. The third kappa shape index (κ3) is 2.78. The minimum atomic E-state index is -0.719. The van der Waals surface area contributed by atoms with Gasteiger partial charge in [-0.3, -0.25) is 4.79 Å². The molecule has 6 heteroatoms. The van der Waals surface area contributed by atoms with Crippen LogP contribution in [0.25, 0.3) is 0 Å². The van der Waals surface area contributed by atoms with Crippen LogP contribution in [0.4, 0.5) is 0 Å². The molecular weight excluding hydrogens is 251 g/mol. The summed E-state index contributed by atoms with van der Waals surface area (Å²) in [4.78, 5) is 10.7. The van der Waals surface area contributed by atoms with Gasteiger partial charge in [-0.1, -0.05) is 29.3 Å². The van der Waals surface area contributed by atoms with Crippen LogP contribution in [0.3, 0.4) is 0 Å². The highest BCUT2D eigenvalue weighted by molar-refractivity contribution is 6.43. The second-order valence-corrected chi connectivity index (χ2v) is 3.61. The summed E-state index contributed by atoms with van der Waals surface area (Å²) in [6.45, 7) is 0.148. The summed E-state index contributed by atoms with van der Waals surface area (Å²) < 4.78 is 4.97. The van der Waals surface area contributed by atoms with E-state index in [0.29, 0.717) is 16.3 Å². The molecule has 1 aromatic rings. The molecule has 0 heterocycles. The van der Waals surface area contributed by atoms with Gasteiger partial charge in [0.1, 0.15) is 10.8 Å². The number of carbonyl (C=O) groups is 1. The van der Waals surface area contributed by atoms with Crippen LogP contribution in [0.1, 0.15) is 5.56 Å². The van der Waals surface area contributed by atoms with Crippen molar-refractivity contribution in [1.29, 1.82) is 5.26 Å². The first kappa shape index (κ1) is 12.6. The second-order valence-electron chi connectivity index (χ2n) is 2.85. The van der Waals surface area contributed by atoms with E-state index >= 15 is 0 Å². The highest BCUT2D eigenvalue weighted by Gasteiger charge is 2.10. The van der Waals surface area contributed by atoms with Crippen LogP contribution in [-0.4, -0.2) is 13.0 Å². The summed E-state index contributed by atoms with van der Waals surface area (Å²) in [7, 11) is 1.48. The Bertz CT molecular complexity index is 455.